The second-order valence-corrected chi connectivity index (χ2v) is 7.20. The lowest BCUT2D eigenvalue weighted by atomic mass is 9.96. The zero-order chi connectivity index (χ0) is 17.4. The Morgan fingerprint density at radius 2 is 1.96 bits per heavy atom. The maximum Gasteiger partial charge on any atom is 0.253 e. The van der Waals surface area contributed by atoms with Gasteiger partial charge < -0.3 is 9.32 Å². The third-order valence-corrected chi connectivity index (χ3v) is 5.14. The first-order chi connectivity index (χ1) is 12.1. The first kappa shape index (κ1) is 16.1. The molecule has 0 unspecified atom stereocenters. The van der Waals surface area contributed by atoms with E-state index in [1.165, 1.54) is 0 Å². The fourth-order valence-electron chi connectivity index (χ4n) is 3.07. The molecule has 0 N–H and O–H groups in total. The molecule has 7 nitrogen and oxygen atoms in total. The Morgan fingerprint density at radius 3 is 2.68 bits per heavy atom. The van der Waals surface area contributed by atoms with Crippen LogP contribution in [0.1, 0.15) is 60.7 Å². The van der Waals surface area contributed by atoms with Gasteiger partial charge in [0, 0.05) is 30.5 Å². The fraction of sp³-hybridized carbons (Fsp3) is 0.471. The molecule has 0 atom stereocenters. The number of amides is 1. The number of rotatable bonds is 3. The third kappa shape index (κ3) is 3.13. The summed E-state index contributed by atoms with van der Waals surface area (Å²) in [6.07, 6.45) is 1.68. The van der Waals surface area contributed by atoms with E-state index in [1.807, 2.05) is 36.9 Å². The van der Waals surface area contributed by atoms with Gasteiger partial charge in [0.25, 0.3) is 5.91 Å². The van der Waals surface area contributed by atoms with Crippen molar-refractivity contribution in [2.24, 2.45) is 0 Å². The quantitative estimate of drug-likeness (QED) is 0.715. The fourth-order valence-corrected chi connectivity index (χ4v) is 3.59. The summed E-state index contributed by atoms with van der Waals surface area (Å²) in [5.41, 5.74) is 2.27. The predicted octanol–water partition coefficient (Wildman–Crippen LogP) is 3.22. The lowest BCUT2D eigenvalue weighted by Gasteiger charge is -2.30. The van der Waals surface area contributed by atoms with Crippen LogP contribution in [-0.4, -0.2) is 42.8 Å². The molecule has 130 valence electrons. The number of benzene rings is 1. The summed E-state index contributed by atoms with van der Waals surface area (Å²) in [6, 6.07) is 5.50. The Balaban J connectivity index is 1.42. The summed E-state index contributed by atoms with van der Waals surface area (Å²) < 4.78 is 14.1. The van der Waals surface area contributed by atoms with Gasteiger partial charge in [-0.25, -0.2) is 0 Å². The highest BCUT2D eigenvalue weighted by molar-refractivity contribution is 7.00. The molecule has 0 spiro atoms. The molecule has 0 bridgehead atoms. The number of aromatic nitrogens is 4. The number of likely N-dealkylation sites (tertiary alicyclic amines) is 1. The Morgan fingerprint density at radius 1 is 1.20 bits per heavy atom. The number of hydrogen-bond donors (Lipinski definition) is 0. The van der Waals surface area contributed by atoms with Crippen LogP contribution in [0.5, 0.6) is 0 Å². The first-order valence-electron chi connectivity index (χ1n) is 8.46. The largest absolute Gasteiger partial charge is 0.425 e. The molecule has 0 saturated carbocycles. The van der Waals surface area contributed by atoms with Crippen molar-refractivity contribution in [3.63, 3.8) is 0 Å². The van der Waals surface area contributed by atoms with Crippen LogP contribution in [0.3, 0.4) is 0 Å². The Labute approximate surface area is 149 Å². The molecule has 8 heteroatoms. The first-order valence-corrected chi connectivity index (χ1v) is 9.19. The molecule has 4 rings (SSSR count). The van der Waals surface area contributed by atoms with E-state index in [-0.39, 0.29) is 17.7 Å². The van der Waals surface area contributed by atoms with Crippen LogP contribution >= 0.6 is 11.7 Å². The summed E-state index contributed by atoms with van der Waals surface area (Å²) in [6.45, 7) is 5.45. The minimum absolute atomic E-state index is 0.0433. The topological polar surface area (TPSA) is 85.0 Å². The van der Waals surface area contributed by atoms with Crippen LogP contribution in [0, 0.1) is 0 Å². The number of nitrogens with zero attached hydrogens (tertiary/aromatic N) is 5. The van der Waals surface area contributed by atoms with E-state index < -0.39 is 0 Å². The van der Waals surface area contributed by atoms with Gasteiger partial charge in [-0.3, -0.25) is 4.79 Å². The average molecular weight is 357 g/mol. The summed E-state index contributed by atoms with van der Waals surface area (Å²) in [4.78, 5) is 14.6. The molecule has 1 saturated heterocycles. The predicted molar refractivity (Wildman–Crippen MR) is 93.7 cm³/mol. The molecular formula is C17H19N5O2S. The molecule has 3 aromatic rings. The Bertz CT molecular complexity index is 895. The van der Waals surface area contributed by atoms with Gasteiger partial charge in [0.15, 0.2) is 0 Å². The molecule has 1 aliphatic heterocycles. The summed E-state index contributed by atoms with van der Waals surface area (Å²) in [5.74, 6) is 1.89. The van der Waals surface area contributed by atoms with E-state index >= 15 is 0 Å². The zero-order valence-corrected chi connectivity index (χ0v) is 15.0. The van der Waals surface area contributed by atoms with E-state index in [2.05, 4.69) is 18.9 Å². The summed E-state index contributed by atoms with van der Waals surface area (Å²) in [7, 11) is 0. The molecule has 1 amide bonds. The van der Waals surface area contributed by atoms with Gasteiger partial charge in [-0.05, 0) is 31.0 Å². The normalized spacial score (nSPS) is 16.0. The smallest absolute Gasteiger partial charge is 0.253 e. The number of fused-ring (bicyclic) bond motifs is 1. The maximum absolute atomic E-state index is 12.7. The second-order valence-electron chi connectivity index (χ2n) is 6.67. The van der Waals surface area contributed by atoms with Crippen LogP contribution in [0.25, 0.3) is 11.0 Å². The minimum atomic E-state index is 0.0433. The van der Waals surface area contributed by atoms with E-state index in [1.54, 1.807) is 0 Å². The van der Waals surface area contributed by atoms with Gasteiger partial charge in [0.05, 0.1) is 11.7 Å². The molecule has 1 fully saturated rings. The molecule has 3 heterocycles. The average Bonchev–Trinajstić information content (AvgIpc) is 3.30. The van der Waals surface area contributed by atoms with Crippen molar-refractivity contribution in [1.82, 2.24) is 23.8 Å². The number of carbonyl (C=O) groups excluding carboxylic acids is 1. The lowest BCUT2D eigenvalue weighted by molar-refractivity contribution is 0.0706. The van der Waals surface area contributed by atoms with Gasteiger partial charge in [0.1, 0.15) is 11.0 Å². The molecule has 2 aromatic heterocycles. The SMILES string of the molecule is CC(C)c1nnc(C2CCN(C(=O)c3ccc4nsnc4c3)CC2)o1. The summed E-state index contributed by atoms with van der Waals surface area (Å²) in [5, 5.41) is 8.29. The highest BCUT2D eigenvalue weighted by atomic mass is 32.1. The Hall–Kier alpha value is -2.35. The van der Waals surface area contributed by atoms with E-state index in [9.17, 15) is 4.79 Å². The van der Waals surface area contributed by atoms with Crippen molar-refractivity contribution < 1.29 is 9.21 Å². The molecule has 1 aromatic carbocycles. The molecular weight excluding hydrogens is 338 g/mol. The van der Waals surface area contributed by atoms with Crippen LogP contribution in [0.15, 0.2) is 22.6 Å². The van der Waals surface area contributed by atoms with Gasteiger partial charge in [-0.15, -0.1) is 10.2 Å². The number of hydrogen-bond acceptors (Lipinski definition) is 7. The number of piperidine rings is 1. The molecule has 25 heavy (non-hydrogen) atoms. The van der Waals surface area contributed by atoms with E-state index in [0.717, 1.165) is 35.6 Å². The second kappa shape index (κ2) is 6.51. The number of carbonyl (C=O) groups is 1. The van der Waals surface area contributed by atoms with Gasteiger partial charge in [-0.1, -0.05) is 13.8 Å². The van der Waals surface area contributed by atoms with Crippen LogP contribution in [0.2, 0.25) is 0 Å². The van der Waals surface area contributed by atoms with Crippen molar-refractivity contribution >= 4 is 28.7 Å². The van der Waals surface area contributed by atoms with Crippen LogP contribution in [0.4, 0.5) is 0 Å². The van der Waals surface area contributed by atoms with E-state index in [4.69, 9.17) is 4.42 Å². The standard InChI is InChI=1S/C17H19N5O2S/c1-10(2)15-18-19-16(24-15)11-5-7-22(8-6-11)17(23)12-3-4-13-14(9-12)21-25-20-13/h3-4,9-11H,5-8H2,1-2H3. The van der Waals surface area contributed by atoms with Crippen molar-refractivity contribution in [3.05, 3.63) is 35.5 Å². The summed E-state index contributed by atoms with van der Waals surface area (Å²) >= 11 is 1.16. The van der Waals surface area contributed by atoms with Crippen molar-refractivity contribution in [1.29, 1.82) is 0 Å². The van der Waals surface area contributed by atoms with Crippen molar-refractivity contribution in [3.8, 4) is 0 Å². The third-order valence-electron chi connectivity index (χ3n) is 4.58. The molecule has 0 aliphatic carbocycles. The maximum atomic E-state index is 12.7. The van der Waals surface area contributed by atoms with Crippen LogP contribution < -0.4 is 0 Å². The molecule has 0 radical (unpaired) electrons. The van der Waals surface area contributed by atoms with Gasteiger partial charge in [0.2, 0.25) is 11.8 Å². The van der Waals surface area contributed by atoms with Crippen LogP contribution in [-0.2, 0) is 0 Å². The van der Waals surface area contributed by atoms with Gasteiger partial charge >= 0.3 is 0 Å². The highest BCUT2D eigenvalue weighted by Gasteiger charge is 2.28. The monoisotopic (exact) mass is 357 g/mol. The Kier molecular flexibility index (Phi) is 4.20. The van der Waals surface area contributed by atoms with Crippen molar-refractivity contribution in [2.75, 3.05) is 13.1 Å². The minimum Gasteiger partial charge on any atom is -0.425 e. The molecule has 1 aliphatic rings. The van der Waals surface area contributed by atoms with Gasteiger partial charge in [-0.2, -0.15) is 8.75 Å². The highest BCUT2D eigenvalue weighted by Crippen LogP contribution is 2.29. The van der Waals surface area contributed by atoms with E-state index in [0.29, 0.717) is 30.4 Å². The zero-order valence-electron chi connectivity index (χ0n) is 14.2. The van der Waals surface area contributed by atoms with Crippen molar-refractivity contribution in [2.45, 2.75) is 38.5 Å². The lowest BCUT2D eigenvalue weighted by Crippen LogP contribution is -2.38.